The van der Waals surface area contributed by atoms with Crippen LogP contribution in [0.15, 0.2) is 24.3 Å². The average molecular weight is 334 g/mol. The molecule has 1 heterocycles. The van der Waals surface area contributed by atoms with Crippen molar-refractivity contribution in [1.82, 2.24) is 5.32 Å². The van der Waals surface area contributed by atoms with Crippen molar-refractivity contribution in [1.29, 1.82) is 0 Å². The Hall–Kier alpha value is -1.59. The van der Waals surface area contributed by atoms with Crippen molar-refractivity contribution in [3.8, 4) is 5.75 Å². The van der Waals surface area contributed by atoms with Gasteiger partial charge in [0.1, 0.15) is 5.75 Å². The third kappa shape index (κ3) is 7.32. The Kier molecular flexibility index (Phi) is 8.63. The van der Waals surface area contributed by atoms with E-state index in [1.807, 2.05) is 24.3 Å². The first-order valence-corrected chi connectivity index (χ1v) is 9.13. The molecule has 2 N–H and O–H groups in total. The number of carbonyl (C=O) groups is 1. The molecule has 0 aromatic heterocycles. The lowest BCUT2D eigenvalue weighted by Crippen LogP contribution is -2.33. The third-order valence-electron chi connectivity index (χ3n) is 4.07. The van der Waals surface area contributed by atoms with E-state index in [1.54, 1.807) is 0 Å². The second-order valence-electron chi connectivity index (χ2n) is 6.25. The van der Waals surface area contributed by atoms with E-state index in [0.29, 0.717) is 6.54 Å². The van der Waals surface area contributed by atoms with Gasteiger partial charge in [0.05, 0.1) is 19.3 Å². The summed E-state index contributed by atoms with van der Waals surface area (Å²) in [6, 6.07) is 7.57. The number of rotatable bonds is 11. The number of amides is 1. The topological polar surface area (TPSA) is 59.6 Å². The van der Waals surface area contributed by atoms with Gasteiger partial charge < -0.3 is 20.1 Å². The number of hydrogen-bond donors (Lipinski definition) is 2. The Balaban J connectivity index is 1.65. The van der Waals surface area contributed by atoms with E-state index in [2.05, 4.69) is 17.6 Å². The predicted molar refractivity (Wildman–Crippen MR) is 96.6 cm³/mol. The first kappa shape index (κ1) is 18.7. The maximum absolute atomic E-state index is 12.0. The number of hydrogen-bond acceptors (Lipinski definition) is 4. The molecule has 1 fully saturated rings. The highest BCUT2D eigenvalue weighted by molar-refractivity contribution is 5.92. The zero-order chi connectivity index (χ0) is 17.0. The normalized spacial score (nSPS) is 17.0. The van der Waals surface area contributed by atoms with Crippen LogP contribution in [-0.2, 0) is 9.53 Å². The maximum Gasteiger partial charge on any atom is 0.238 e. The van der Waals surface area contributed by atoms with Crippen molar-refractivity contribution in [2.45, 2.75) is 51.6 Å². The molecule has 1 atom stereocenters. The Labute approximate surface area is 145 Å². The first-order chi connectivity index (χ1) is 11.8. The molecule has 1 saturated heterocycles. The van der Waals surface area contributed by atoms with Gasteiger partial charge in [0.2, 0.25) is 5.91 Å². The Bertz CT molecular complexity index is 487. The molecule has 0 aliphatic carbocycles. The van der Waals surface area contributed by atoms with Gasteiger partial charge >= 0.3 is 0 Å². The Morgan fingerprint density at radius 3 is 3.04 bits per heavy atom. The van der Waals surface area contributed by atoms with Gasteiger partial charge in [-0.15, -0.1) is 0 Å². The Morgan fingerprint density at radius 1 is 1.33 bits per heavy atom. The fraction of sp³-hybridized carbons (Fsp3) is 0.632. The second kappa shape index (κ2) is 11.0. The van der Waals surface area contributed by atoms with Gasteiger partial charge in [0.15, 0.2) is 0 Å². The van der Waals surface area contributed by atoms with Gasteiger partial charge in [-0.25, -0.2) is 0 Å². The molecule has 134 valence electrons. The second-order valence-corrected chi connectivity index (χ2v) is 6.25. The van der Waals surface area contributed by atoms with Gasteiger partial charge in [0.25, 0.3) is 0 Å². The molecule has 1 aliphatic heterocycles. The van der Waals surface area contributed by atoms with Crippen molar-refractivity contribution in [3.05, 3.63) is 24.3 Å². The minimum atomic E-state index is -0.0481. The molecule has 0 saturated carbocycles. The summed E-state index contributed by atoms with van der Waals surface area (Å²) in [7, 11) is 0. The monoisotopic (exact) mass is 334 g/mol. The molecular formula is C19H30N2O3. The van der Waals surface area contributed by atoms with E-state index in [-0.39, 0.29) is 12.0 Å². The zero-order valence-corrected chi connectivity index (χ0v) is 14.7. The number of nitrogens with one attached hydrogen (secondary N) is 2. The van der Waals surface area contributed by atoms with Gasteiger partial charge in [-0.05, 0) is 31.4 Å². The molecule has 0 spiro atoms. The van der Waals surface area contributed by atoms with Crippen LogP contribution in [0.1, 0.15) is 45.4 Å². The number of ether oxygens (including phenoxy) is 2. The first-order valence-electron chi connectivity index (χ1n) is 9.13. The molecule has 1 aromatic carbocycles. The van der Waals surface area contributed by atoms with Gasteiger partial charge in [-0.2, -0.15) is 0 Å². The summed E-state index contributed by atoms with van der Waals surface area (Å²) < 4.78 is 11.3. The lowest BCUT2D eigenvalue weighted by molar-refractivity contribution is -0.115. The standard InChI is InChI=1S/C19H30N2O3/c1-2-3-4-5-11-23-17-9-6-8-16(13-17)21-19(22)15-20-14-18-10-7-12-24-18/h6,8-9,13,18,20H,2-5,7,10-12,14-15H2,1H3,(H,21,22). The fourth-order valence-corrected chi connectivity index (χ4v) is 2.74. The SMILES string of the molecule is CCCCCCOc1cccc(NC(=O)CNCC2CCCO2)c1. The summed E-state index contributed by atoms with van der Waals surface area (Å²) in [5.74, 6) is 0.754. The number of unbranched alkanes of at least 4 members (excludes halogenated alkanes) is 3. The van der Waals surface area contributed by atoms with Crippen LogP contribution in [0.3, 0.4) is 0 Å². The van der Waals surface area contributed by atoms with E-state index >= 15 is 0 Å². The fourth-order valence-electron chi connectivity index (χ4n) is 2.74. The molecule has 5 nitrogen and oxygen atoms in total. The molecule has 1 aromatic rings. The molecule has 1 aliphatic rings. The molecule has 0 radical (unpaired) electrons. The highest BCUT2D eigenvalue weighted by Gasteiger charge is 2.15. The van der Waals surface area contributed by atoms with Crippen molar-refractivity contribution in [2.24, 2.45) is 0 Å². The van der Waals surface area contributed by atoms with E-state index in [0.717, 1.165) is 50.5 Å². The van der Waals surface area contributed by atoms with E-state index in [9.17, 15) is 4.79 Å². The maximum atomic E-state index is 12.0. The quantitative estimate of drug-likeness (QED) is 0.609. The van der Waals surface area contributed by atoms with E-state index < -0.39 is 0 Å². The van der Waals surface area contributed by atoms with Crippen molar-refractivity contribution in [2.75, 3.05) is 31.6 Å². The molecule has 1 unspecified atom stereocenters. The number of benzene rings is 1. The van der Waals surface area contributed by atoms with Gasteiger partial charge in [-0.3, -0.25) is 4.79 Å². The van der Waals surface area contributed by atoms with Crippen LogP contribution >= 0.6 is 0 Å². The van der Waals surface area contributed by atoms with Crippen LogP contribution in [0.4, 0.5) is 5.69 Å². The Morgan fingerprint density at radius 2 is 2.25 bits per heavy atom. The van der Waals surface area contributed by atoms with Crippen molar-refractivity contribution < 1.29 is 14.3 Å². The van der Waals surface area contributed by atoms with Crippen LogP contribution in [0, 0.1) is 0 Å². The highest BCUT2D eigenvalue weighted by Crippen LogP contribution is 2.18. The van der Waals surface area contributed by atoms with Crippen molar-refractivity contribution >= 4 is 11.6 Å². The minimum Gasteiger partial charge on any atom is -0.494 e. The lowest BCUT2D eigenvalue weighted by atomic mass is 10.2. The molecule has 2 rings (SSSR count). The average Bonchev–Trinajstić information content (AvgIpc) is 3.08. The van der Waals surface area contributed by atoms with Gasteiger partial charge in [0, 0.05) is 24.9 Å². The summed E-state index contributed by atoms with van der Waals surface area (Å²) in [4.78, 5) is 12.0. The van der Waals surface area contributed by atoms with Crippen LogP contribution in [0.2, 0.25) is 0 Å². The van der Waals surface area contributed by atoms with Crippen LogP contribution in [-0.4, -0.2) is 38.3 Å². The van der Waals surface area contributed by atoms with E-state index in [1.165, 1.54) is 19.3 Å². The van der Waals surface area contributed by atoms with Gasteiger partial charge in [-0.1, -0.05) is 32.3 Å². The van der Waals surface area contributed by atoms with Crippen LogP contribution < -0.4 is 15.4 Å². The smallest absolute Gasteiger partial charge is 0.238 e. The summed E-state index contributed by atoms with van der Waals surface area (Å²) in [6.45, 7) is 4.78. The third-order valence-corrected chi connectivity index (χ3v) is 4.07. The molecule has 0 bridgehead atoms. The van der Waals surface area contributed by atoms with E-state index in [4.69, 9.17) is 9.47 Å². The van der Waals surface area contributed by atoms with Crippen LogP contribution in [0.5, 0.6) is 5.75 Å². The summed E-state index contributed by atoms with van der Waals surface area (Å²) in [5, 5.41) is 6.04. The lowest BCUT2D eigenvalue weighted by Gasteiger charge is -2.11. The predicted octanol–water partition coefficient (Wildman–Crippen LogP) is 3.35. The molecular weight excluding hydrogens is 304 g/mol. The highest BCUT2D eigenvalue weighted by atomic mass is 16.5. The van der Waals surface area contributed by atoms with Crippen molar-refractivity contribution in [3.63, 3.8) is 0 Å². The summed E-state index contributed by atoms with van der Waals surface area (Å²) in [5.41, 5.74) is 0.768. The largest absolute Gasteiger partial charge is 0.494 e. The summed E-state index contributed by atoms with van der Waals surface area (Å²) in [6.07, 6.45) is 7.18. The molecule has 1 amide bonds. The zero-order valence-electron chi connectivity index (χ0n) is 14.7. The summed E-state index contributed by atoms with van der Waals surface area (Å²) >= 11 is 0. The number of anilines is 1. The van der Waals surface area contributed by atoms with Crippen LogP contribution in [0.25, 0.3) is 0 Å². The molecule has 24 heavy (non-hydrogen) atoms. The molecule has 5 heteroatoms. The minimum absolute atomic E-state index is 0.0481. The number of carbonyl (C=O) groups excluding carboxylic acids is 1.